The van der Waals surface area contributed by atoms with Crippen LogP contribution in [-0.2, 0) is 17.8 Å². The molecule has 5 rings (SSSR count). The van der Waals surface area contributed by atoms with Crippen LogP contribution in [0.3, 0.4) is 0 Å². The molecule has 1 aromatic heterocycles. The lowest BCUT2D eigenvalue weighted by molar-refractivity contribution is -0.137. The molecule has 0 spiro atoms. The Balaban J connectivity index is 1.41. The minimum atomic E-state index is -0.231. The van der Waals surface area contributed by atoms with Crippen molar-refractivity contribution >= 4 is 11.8 Å². The number of aryl methyl sites for hydroxylation is 1. The third-order valence-corrected chi connectivity index (χ3v) is 7.29. The van der Waals surface area contributed by atoms with Crippen molar-refractivity contribution in [3.63, 3.8) is 0 Å². The summed E-state index contributed by atoms with van der Waals surface area (Å²) < 4.78 is 11.7. The maximum atomic E-state index is 13.6. The smallest absolute Gasteiger partial charge is 0.286 e. The maximum Gasteiger partial charge on any atom is 0.286 e. The second-order valence-corrected chi connectivity index (χ2v) is 9.85. The first-order chi connectivity index (χ1) is 17.5. The fourth-order valence-electron chi connectivity index (χ4n) is 5.51. The Hall–Kier alpha value is -3.54. The van der Waals surface area contributed by atoms with E-state index in [0.717, 1.165) is 55.5 Å². The third-order valence-electron chi connectivity index (χ3n) is 7.29. The number of fused-ring (bicyclic) bond motifs is 1. The highest BCUT2D eigenvalue weighted by Gasteiger charge is 2.36. The van der Waals surface area contributed by atoms with Gasteiger partial charge in [-0.25, -0.2) is 0 Å². The molecule has 2 amide bonds. The molecule has 6 heteroatoms. The van der Waals surface area contributed by atoms with Crippen LogP contribution < -0.4 is 10.1 Å². The summed E-state index contributed by atoms with van der Waals surface area (Å²) in [6.45, 7) is 5.46. The number of carbonyl (C=O) groups excluding carboxylic acids is 2. The van der Waals surface area contributed by atoms with Gasteiger partial charge in [0.25, 0.3) is 5.91 Å². The molecule has 2 heterocycles. The largest absolute Gasteiger partial charge is 0.486 e. The first-order valence-corrected chi connectivity index (χ1v) is 13.0. The summed E-state index contributed by atoms with van der Waals surface area (Å²) in [7, 11) is 0. The first kappa shape index (κ1) is 24.2. The Kier molecular flexibility index (Phi) is 7.12. The second-order valence-electron chi connectivity index (χ2n) is 9.85. The normalized spacial score (nSPS) is 17.6. The third kappa shape index (κ3) is 5.03. The molecule has 0 unspecified atom stereocenters. The number of ether oxygens (including phenoxy) is 1. The van der Waals surface area contributed by atoms with Crippen molar-refractivity contribution < 1.29 is 18.7 Å². The van der Waals surface area contributed by atoms with Gasteiger partial charge in [0.05, 0.1) is 6.04 Å². The molecule has 0 saturated heterocycles. The molecule has 0 radical (unpaired) electrons. The number of amides is 2. The van der Waals surface area contributed by atoms with E-state index in [2.05, 4.69) is 53.5 Å². The lowest BCUT2D eigenvalue weighted by atomic mass is 9.86. The van der Waals surface area contributed by atoms with Crippen LogP contribution in [0, 0.1) is 12.8 Å². The number of rotatable bonds is 7. The van der Waals surface area contributed by atoms with Crippen LogP contribution in [0.4, 0.5) is 0 Å². The van der Waals surface area contributed by atoms with E-state index >= 15 is 0 Å². The summed E-state index contributed by atoms with van der Waals surface area (Å²) in [4.78, 5) is 27.7. The van der Waals surface area contributed by atoms with Crippen molar-refractivity contribution in [2.45, 2.75) is 58.6 Å². The van der Waals surface area contributed by atoms with Crippen LogP contribution in [0.1, 0.15) is 77.2 Å². The fourth-order valence-corrected chi connectivity index (χ4v) is 5.51. The molecular weight excluding hydrogens is 452 g/mol. The van der Waals surface area contributed by atoms with Gasteiger partial charge in [0.15, 0.2) is 5.76 Å². The number of benzene rings is 2. The van der Waals surface area contributed by atoms with E-state index in [1.165, 1.54) is 11.1 Å². The summed E-state index contributed by atoms with van der Waals surface area (Å²) in [5.41, 5.74) is 4.69. The molecule has 0 bridgehead atoms. The van der Waals surface area contributed by atoms with E-state index in [1.807, 2.05) is 13.0 Å². The first-order valence-electron chi connectivity index (χ1n) is 13.0. The number of furan rings is 1. The monoisotopic (exact) mass is 486 g/mol. The van der Waals surface area contributed by atoms with Gasteiger partial charge in [0, 0.05) is 19.0 Å². The Morgan fingerprint density at radius 1 is 1.08 bits per heavy atom. The van der Waals surface area contributed by atoms with Crippen LogP contribution in [0.15, 0.2) is 59.0 Å². The van der Waals surface area contributed by atoms with Gasteiger partial charge in [-0.15, -0.1) is 0 Å². The number of hydrogen-bond donors (Lipinski definition) is 1. The van der Waals surface area contributed by atoms with Gasteiger partial charge in [0.1, 0.15) is 18.1 Å². The van der Waals surface area contributed by atoms with Crippen LogP contribution in [0.5, 0.6) is 5.75 Å². The number of nitrogens with one attached hydrogen (secondary N) is 1. The lowest BCUT2D eigenvalue weighted by Gasteiger charge is -2.39. The molecule has 1 aliphatic carbocycles. The highest BCUT2D eigenvalue weighted by atomic mass is 16.5. The van der Waals surface area contributed by atoms with Crippen molar-refractivity contribution in [2.24, 2.45) is 5.92 Å². The Morgan fingerprint density at radius 2 is 1.92 bits per heavy atom. The highest BCUT2D eigenvalue weighted by molar-refractivity contribution is 5.91. The van der Waals surface area contributed by atoms with Gasteiger partial charge >= 0.3 is 0 Å². The van der Waals surface area contributed by atoms with E-state index < -0.39 is 0 Å². The van der Waals surface area contributed by atoms with E-state index in [4.69, 9.17) is 9.15 Å². The highest BCUT2D eigenvalue weighted by Crippen LogP contribution is 2.40. The summed E-state index contributed by atoms with van der Waals surface area (Å²) in [5.74, 6) is 1.77. The number of hydrogen-bond acceptors (Lipinski definition) is 4. The summed E-state index contributed by atoms with van der Waals surface area (Å²) in [6, 6.07) is 17.9. The quantitative estimate of drug-likeness (QED) is 0.473. The Morgan fingerprint density at radius 3 is 2.69 bits per heavy atom. The molecule has 1 atom stereocenters. The SMILES string of the molecule is CCNC(=O)c1ccc(COc2ccc3c(c2)[C@H](c2cccc(C)c2)N(C(=O)C2CCCC2)CC3)o1. The molecule has 188 valence electrons. The van der Waals surface area contributed by atoms with Crippen molar-refractivity contribution in [3.05, 3.63) is 88.4 Å². The van der Waals surface area contributed by atoms with Crippen LogP contribution >= 0.6 is 0 Å². The Bertz CT molecular complexity index is 1240. The summed E-state index contributed by atoms with van der Waals surface area (Å²) in [6.07, 6.45) is 5.11. The predicted molar refractivity (Wildman–Crippen MR) is 138 cm³/mol. The molecule has 1 N–H and O–H groups in total. The minimum absolute atomic E-state index is 0.127. The number of carbonyl (C=O) groups is 2. The van der Waals surface area contributed by atoms with Gasteiger partial charge in [-0.3, -0.25) is 9.59 Å². The van der Waals surface area contributed by atoms with Crippen molar-refractivity contribution in [3.8, 4) is 5.75 Å². The molecular formula is C30H34N2O4. The summed E-state index contributed by atoms with van der Waals surface area (Å²) in [5, 5.41) is 2.74. The molecule has 6 nitrogen and oxygen atoms in total. The zero-order valence-electron chi connectivity index (χ0n) is 21.1. The van der Waals surface area contributed by atoms with Gasteiger partial charge < -0.3 is 19.4 Å². The van der Waals surface area contributed by atoms with Gasteiger partial charge in [-0.05, 0) is 74.1 Å². The van der Waals surface area contributed by atoms with Gasteiger partial charge in [-0.1, -0.05) is 48.7 Å². The lowest BCUT2D eigenvalue weighted by Crippen LogP contribution is -2.43. The van der Waals surface area contributed by atoms with Crippen LogP contribution in [0.2, 0.25) is 0 Å². The van der Waals surface area contributed by atoms with Crippen molar-refractivity contribution in [1.82, 2.24) is 10.2 Å². The van der Waals surface area contributed by atoms with Gasteiger partial charge in [-0.2, -0.15) is 0 Å². The fraction of sp³-hybridized carbons (Fsp3) is 0.400. The topological polar surface area (TPSA) is 71.8 Å². The van der Waals surface area contributed by atoms with E-state index in [0.29, 0.717) is 12.3 Å². The molecule has 1 saturated carbocycles. The molecule has 1 fully saturated rings. The van der Waals surface area contributed by atoms with E-state index in [9.17, 15) is 9.59 Å². The van der Waals surface area contributed by atoms with Crippen molar-refractivity contribution in [1.29, 1.82) is 0 Å². The second kappa shape index (κ2) is 10.6. The molecule has 1 aliphatic heterocycles. The average molecular weight is 487 g/mol. The molecule has 2 aliphatic rings. The summed E-state index contributed by atoms with van der Waals surface area (Å²) >= 11 is 0. The Labute approximate surface area is 212 Å². The minimum Gasteiger partial charge on any atom is -0.486 e. The van der Waals surface area contributed by atoms with Crippen molar-refractivity contribution in [2.75, 3.05) is 13.1 Å². The van der Waals surface area contributed by atoms with Crippen LogP contribution in [0.25, 0.3) is 0 Å². The standard InChI is InChI=1S/C30H34N2O4/c1-3-31-29(33)27-14-13-25(36-27)19-35-24-12-11-21-15-16-32(30(34)22-8-4-5-9-22)28(26(21)18-24)23-10-6-7-20(2)17-23/h6-7,10-14,17-18,22,28H,3-5,8-9,15-16,19H2,1-2H3,(H,31,33)/t28-/m0/s1. The van der Waals surface area contributed by atoms with E-state index in [-0.39, 0.29) is 36.1 Å². The zero-order valence-corrected chi connectivity index (χ0v) is 21.1. The number of nitrogens with zero attached hydrogens (tertiary/aromatic N) is 1. The molecule has 2 aromatic carbocycles. The predicted octanol–water partition coefficient (Wildman–Crippen LogP) is 5.58. The molecule has 3 aromatic rings. The maximum absolute atomic E-state index is 13.6. The van der Waals surface area contributed by atoms with Crippen LogP contribution in [-0.4, -0.2) is 29.8 Å². The van der Waals surface area contributed by atoms with E-state index in [1.54, 1.807) is 12.1 Å². The van der Waals surface area contributed by atoms with Gasteiger partial charge in [0.2, 0.25) is 5.91 Å². The zero-order chi connectivity index (χ0) is 25.1. The molecule has 36 heavy (non-hydrogen) atoms. The average Bonchev–Trinajstić information content (AvgIpc) is 3.59.